The van der Waals surface area contributed by atoms with Crippen LogP contribution in [0, 0.1) is 0 Å². The first-order valence-corrected chi connectivity index (χ1v) is 13.0. The van der Waals surface area contributed by atoms with Crippen LogP contribution in [0.2, 0.25) is 0 Å². The lowest BCUT2D eigenvalue weighted by Gasteiger charge is -2.42. The van der Waals surface area contributed by atoms with Crippen molar-refractivity contribution in [3.8, 4) is 5.88 Å². The van der Waals surface area contributed by atoms with E-state index in [9.17, 15) is 13.9 Å². The Bertz CT molecular complexity index is 972. The maximum Gasteiger partial charge on any atom is 0.331 e. The van der Waals surface area contributed by atoms with Crippen LogP contribution in [-0.2, 0) is 4.79 Å². The van der Waals surface area contributed by atoms with Gasteiger partial charge in [-0.15, -0.1) is 11.8 Å². The fourth-order valence-corrected chi connectivity index (χ4v) is 5.58. The van der Waals surface area contributed by atoms with Crippen LogP contribution in [0.1, 0.15) is 26.2 Å². The van der Waals surface area contributed by atoms with Gasteiger partial charge in [0, 0.05) is 25.3 Å². The van der Waals surface area contributed by atoms with Crippen LogP contribution < -0.4 is 9.64 Å². The molecule has 0 saturated heterocycles. The van der Waals surface area contributed by atoms with Crippen molar-refractivity contribution < 1.29 is 23.7 Å². The highest BCUT2D eigenvalue weighted by molar-refractivity contribution is 8.22. The Hall–Kier alpha value is -2.24. The number of benzene rings is 1. The molecule has 0 aliphatic carbocycles. The van der Waals surface area contributed by atoms with Gasteiger partial charge in [0.25, 0.3) is 0 Å². The van der Waals surface area contributed by atoms with Gasteiger partial charge in [-0.1, -0.05) is 48.7 Å². The van der Waals surface area contributed by atoms with E-state index in [0.29, 0.717) is 17.1 Å². The number of aliphatic carboxylic acids is 1. The average Bonchev–Trinajstić information content (AvgIpc) is 2.86. The molecule has 0 amide bonds. The second kappa shape index (κ2) is 10.6. The number of likely N-dealkylation sites (N-methyl/N-ethyl adjacent to an activating group) is 1. The van der Waals surface area contributed by atoms with Crippen molar-refractivity contribution in [2.45, 2.75) is 42.1 Å². The van der Waals surface area contributed by atoms with E-state index in [1.54, 1.807) is 11.4 Å². The molecule has 3 N–H and O–H groups in total. The van der Waals surface area contributed by atoms with Crippen LogP contribution in [0.5, 0.6) is 5.88 Å². The number of fused-ring (bicyclic) bond motifs is 1. The Balaban J connectivity index is 2.17. The van der Waals surface area contributed by atoms with Gasteiger partial charge in [0.15, 0.2) is 5.03 Å². The maximum atomic E-state index is 11.3. The normalized spacial score (nSPS) is 19.4. The molecule has 2 heterocycles. The molecule has 1 atom stereocenters. The minimum Gasteiger partial charge on any atom is -0.478 e. The molecule has 1 aliphatic heterocycles. The maximum absolute atomic E-state index is 11.3. The number of pyridine rings is 1. The first-order valence-electron chi connectivity index (χ1n) is 10.3. The number of carbonyl (C=O) groups is 1. The predicted molar refractivity (Wildman–Crippen MR) is 129 cm³/mol. The number of unbranched alkanes of at least 4 members (excludes halogenated alkanes) is 1. The number of thioether (sulfide) groups is 1. The summed E-state index contributed by atoms with van der Waals surface area (Å²) in [5.41, 5.74) is 1.52. The molecule has 32 heavy (non-hydrogen) atoms. The number of nitrogens with zero attached hydrogens (tertiary/aromatic N) is 3. The second-order valence-electron chi connectivity index (χ2n) is 7.39. The predicted octanol–water partition coefficient (Wildman–Crippen LogP) is 5.45. The number of ether oxygens (including phenoxy) is 1. The molecule has 3 rings (SSSR count). The van der Waals surface area contributed by atoms with Crippen molar-refractivity contribution in [2.24, 2.45) is 0 Å². The van der Waals surface area contributed by atoms with Crippen LogP contribution >= 0.6 is 22.5 Å². The van der Waals surface area contributed by atoms with Crippen LogP contribution in [0.4, 0.5) is 11.4 Å². The third kappa shape index (κ3) is 5.21. The van der Waals surface area contributed by atoms with Gasteiger partial charge >= 0.3 is 5.97 Å². The van der Waals surface area contributed by atoms with Gasteiger partial charge in [-0.05, 0) is 30.9 Å². The number of hydrogen-bond acceptors (Lipinski definition) is 8. The van der Waals surface area contributed by atoms with Gasteiger partial charge in [0.05, 0.1) is 16.7 Å². The van der Waals surface area contributed by atoms with Crippen molar-refractivity contribution in [3.63, 3.8) is 0 Å². The van der Waals surface area contributed by atoms with Crippen LogP contribution in [0.3, 0.4) is 0 Å². The van der Waals surface area contributed by atoms with Crippen LogP contribution in [0.15, 0.2) is 58.7 Å². The number of hydrogen-bond donors (Lipinski definition) is 3. The fourth-order valence-electron chi connectivity index (χ4n) is 3.57. The molecule has 174 valence electrons. The van der Waals surface area contributed by atoms with Crippen molar-refractivity contribution in [2.75, 3.05) is 24.7 Å². The lowest BCUT2D eigenvalue weighted by atomic mass is 10.1. The molecular formula is C22H29N3O5S2. The molecule has 0 bridgehead atoms. The van der Waals surface area contributed by atoms with Crippen LogP contribution in [0.25, 0.3) is 0 Å². The summed E-state index contributed by atoms with van der Waals surface area (Å²) in [5, 5.41) is 8.95. The first-order chi connectivity index (χ1) is 15.3. The molecule has 1 aliphatic rings. The largest absolute Gasteiger partial charge is 0.478 e. The zero-order valence-corrected chi connectivity index (χ0v) is 20.0. The minimum atomic E-state index is -3.42. The summed E-state index contributed by atoms with van der Waals surface area (Å²) < 4.78 is 29.7. The van der Waals surface area contributed by atoms with Crippen molar-refractivity contribution in [1.29, 1.82) is 0 Å². The van der Waals surface area contributed by atoms with Crippen molar-refractivity contribution in [1.82, 2.24) is 9.29 Å². The Kier molecular flexibility index (Phi) is 8.07. The highest BCUT2D eigenvalue weighted by Crippen LogP contribution is 2.58. The van der Waals surface area contributed by atoms with Gasteiger partial charge in [0.1, 0.15) is 6.26 Å². The molecule has 0 radical (unpaired) electrons. The van der Waals surface area contributed by atoms with E-state index >= 15 is 0 Å². The van der Waals surface area contributed by atoms with E-state index in [1.165, 1.54) is 11.8 Å². The van der Waals surface area contributed by atoms with E-state index in [4.69, 9.17) is 9.84 Å². The van der Waals surface area contributed by atoms with E-state index in [2.05, 4.69) is 16.8 Å². The van der Waals surface area contributed by atoms with E-state index in [-0.39, 0.29) is 16.9 Å². The number of para-hydroxylation sites is 1. The summed E-state index contributed by atoms with van der Waals surface area (Å²) in [4.78, 5) is 18.0. The van der Waals surface area contributed by atoms with Gasteiger partial charge < -0.3 is 14.7 Å². The molecule has 1 unspecified atom stereocenters. The zero-order chi connectivity index (χ0) is 23.3. The summed E-state index contributed by atoms with van der Waals surface area (Å²) in [5.74, 6) is -1.02. The van der Waals surface area contributed by atoms with Crippen LogP contribution in [-0.4, -0.2) is 55.4 Å². The molecule has 0 saturated carbocycles. The zero-order valence-electron chi connectivity index (χ0n) is 18.3. The summed E-state index contributed by atoms with van der Waals surface area (Å²) in [6.07, 6.45) is 6.52. The van der Waals surface area contributed by atoms with E-state index in [1.807, 2.05) is 42.7 Å². The minimum absolute atomic E-state index is 0.108. The van der Waals surface area contributed by atoms with Crippen molar-refractivity contribution >= 4 is 39.9 Å². The standard InChI is InChI=1S/C22H29N3O5S2/c1-4-5-9-17-15-25(16-10-7-6-8-11-16)18-14-19(31-3)21(30-13-12-20(26)27)23-22(18)32(28,29)24(17)2/h6-8,10-14,17,28-29H,4-5,9,15H2,1-3H3,(H,26,27)/b13-12+. The molecule has 2 aromatic rings. The number of rotatable bonds is 8. The monoisotopic (exact) mass is 479 g/mol. The fraction of sp³-hybridized carbons (Fsp3) is 0.364. The Morgan fingerprint density at radius 2 is 2.06 bits per heavy atom. The summed E-state index contributed by atoms with van der Waals surface area (Å²) in [6.45, 7) is 2.68. The quantitative estimate of drug-likeness (QED) is 0.259. The molecule has 0 spiro atoms. The molecular weight excluding hydrogens is 450 g/mol. The lowest BCUT2D eigenvalue weighted by molar-refractivity contribution is -0.131. The third-order valence-corrected chi connectivity index (χ3v) is 7.98. The smallest absolute Gasteiger partial charge is 0.331 e. The van der Waals surface area contributed by atoms with E-state index < -0.39 is 16.7 Å². The SMILES string of the molecule is CCCCC1CN(c2ccccc2)c2cc(SC)c(O/C=C/C(=O)O)nc2S(O)(O)N1C. The van der Waals surface area contributed by atoms with Crippen molar-refractivity contribution in [3.05, 3.63) is 48.7 Å². The Morgan fingerprint density at radius 1 is 1.34 bits per heavy atom. The lowest BCUT2D eigenvalue weighted by Crippen LogP contribution is -2.39. The third-order valence-electron chi connectivity index (χ3n) is 5.33. The molecule has 1 aromatic heterocycles. The first kappa shape index (κ1) is 24.4. The number of carboxylic acid groups (broad SMARTS) is 1. The van der Waals surface area contributed by atoms with Gasteiger partial charge in [-0.2, -0.15) is 9.29 Å². The average molecular weight is 480 g/mol. The van der Waals surface area contributed by atoms with E-state index in [0.717, 1.165) is 37.3 Å². The molecule has 8 nitrogen and oxygen atoms in total. The highest BCUT2D eigenvalue weighted by atomic mass is 32.3. The van der Waals surface area contributed by atoms with Gasteiger partial charge in [-0.3, -0.25) is 9.11 Å². The van der Waals surface area contributed by atoms with Gasteiger partial charge in [0.2, 0.25) is 5.88 Å². The summed E-state index contributed by atoms with van der Waals surface area (Å²) in [7, 11) is -1.70. The second-order valence-corrected chi connectivity index (χ2v) is 10.2. The highest BCUT2D eigenvalue weighted by Gasteiger charge is 2.39. The number of carboxylic acids is 1. The molecule has 0 fully saturated rings. The van der Waals surface area contributed by atoms with Gasteiger partial charge in [-0.25, -0.2) is 4.79 Å². The summed E-state index contributed by atoms with van der Waals surface area (Å²) >= 11 is 1.38. The number of anilines is 2. The Labute approximate surface area is 194 Å². The summed E-state index contributed by atoms with van der Waals surface area (Å²) in [6, 6.07) is 11.5. The number of aromatic nitrogens is 1. The topological polar surface area (TPSA) is 106 Å². The molecule has 10 heteroatoms. The Morgan fingerprint density at radius 3 is 2.69 bits per heavy atom. The molecule has 1 aromatic carbocycles.